The fourth-order valence-electron chi connectivity index (χ4n) is 3.89. The zero-order valence-electron chi connectivity index (χ0n) is 18.7. The van der Waals surface area contributed by atoms with Gasteiger partial charge in [0.05, 0.1) is 27.4 Å². The van der Waals surface area contributed by atoms with Crippen molar-refractivity contribution in [3.05, 3.63) is 89.9 Å². The summed E-state index contributed by atoms with van der Waals surface area (Å²) in [6.45, 7) is 1.95. The third kappa shape index (κ3) is 4.47. The van der Waals surface area contributed by atoms with Gasteiger partial charge in [-0.1, -0.05) is 54.6 Å². The standard InChI is InChI=1S/C27H23N3O3S/c1-18-24(29-26(32)33-16-23-4-2-3-15-28-23)25(34-30-18)21-7-5-19(6-8-21)20-9-11-22(12-10-20)27(17-31)13-14-27/h2-12,15,17H,13-14,16H2,1H3,(H,29,32). The molecular weight excluding hydrogens is 446 g/mol. The van der Waals surface area contributed by atoms with E-state index in [4.69, 9.17) is 4.74 Å². The fourth-order valence-corrected chi connectivity index (χ4v) is 4.74. The largest absolute Gasteiger partial charge is 0.443 e. The molecule has 170 valence electrons. The van der Waals surface area contributed by atoms with Crippen LogP contribution in [0.25, 0.3) is 21.6 Å². The maximum Gasteiger partial charge on any atom is 0.412 e. The summed E-state index contributed by atoms with van der Waals surface area (Å²) in [5, 5.41) is 2.84. The number of carbonyl (C=O) groups excluding carboxylic acids is 2. The van der Waals surface area contributed by atoms with Crippen molar-refractivity contribution >= 4 is 29.6 Å². The summed E-state index contributed by atoms with van der Waals surface area (Å²) in [5.41, 5.74) is 6.04. The summed E-state index contributed by atoms with van der Waals surface area (Å²) in [5.74, 6) is 0. The average Bonchev–Trinajstić information content (AvgIpc) is 3.61. The van der Waals surface area contributed by atoms with Crippen LogP contribution in [0.1, 0.15) is 29.8 Å². The quantitative estimate of drug-likeness (QED) is 0.328. The smallest absolute Gasteiger partial charge is 0.412 e. The van der Waals surface area contributed by atoms with Gasteiger partial charge in [0.2, 0.25) is 0 Å². The monoisotopic (exact) mass is 469 g/mol. The molecule has 0 radical (unpaired) electrons. The molecule has 0 atom stereocenters. The number of benzene rings is 2. The van der Waals surface area contributed by atoms with Gasteiger partial charge in [-0.25, -0.2) is 4.79 Å². The molecule has 0 bridgehead atoms. The molecule has 2 aromatic carbocycles. The Morgan fingerprint density at radius 3 is 2.32 bits per heavy atom. The number of rotatable bonds is 7. The SMILES string of the molecule is Cc1nsc(-c2ccc(-c3ccc(C4(C=O)CC4)cc3)cc2)c1NC(=O)OCc1ccccn1. The van der Waals surface area contributed by atoms with Gasteiger partial charge in [-0.3, -0.25) is 10.3 Å². The van der Waals surface area contributed by atoms with Crippen molar-refractivity contribution < 1.29 is 14.3 Å². The van der Waals surface area contributed by atoms with Crippen molar-refractivity contribution in [3.63, 3.8) is 0 Å². The third-order valence-electron chi connectivity index (χ3n) is 6.12. The number of aryl methyl sites for hydroxylation is 1. The van der Waals surface area contributed by atoms with Gasteiger partial charge >= 0.3 is 6.09 Å². The summed E-state index contributed by atoms with van der Waals surface area (Å²) < 4.78 is 9.73. The molecule has 5 rings (SSSR count). The number of ether oxygens (including phenoxy) is 1. The Kier molecular flexibility index (Phi) is 5.94. The Morgan fingerprint density at radius 1 is 1.03 bits per heavy atom. The van der Waals surface area contributed by atoms with E-state index in [1.807, 2.05) is 31.2 Å². The van der Waals surface area contributed by atoms with Crippen molar-refractivity contribution in [3.8, 4) is 21.6 Å². The van der Waals surface area contributed by atoms with Crippen LogP contribution >= 0.6 is 11.5 Å². The minimum Gasteiger partial charge on any atom is -0.443 e. The first-order valence-electron chi connectivity index (χ1n) is 11.1. The zero-order chi connectivity index (χ0) is 23.5. The summed E-state index contributed by atoms with van der Waals surface area (Å²) in [6.07, 6.45) is 4.07. The van der Waals surface area contributed by atoms with Gasteiger partial charge in [0, 0.05) is 6.20 Å². The second-order valence-corrected chi connectivity index (χ2v) is 9.20. The van der Waals surface area contributed by atoms with E-state index < -0.39 is 6.09 Å². The molecule has 2 aromatic heterocycles. The molecule has 1 N–H and O–H groups in total. The number of aromatic nitrogens is 2. The number of hydrogen-bond donors (Lipinski definition) is 1. The molecule has 7 heteroatoms. The van der Waals surface area contributed by atoms with E-state index in [2.05, 4.69) is 51.1 Å². The second kappa shape index (κ2) is 9.19. The molecule has 1 amide bonds. The highest BCUT2D eigenvalue weighted by Gasteiger charge is 2.44. The van der Waals surface area contributed by atoms with Crippen molar-refractivity contribution in [1.82, 2.24) is 9.36 Å². The van der Waals surface area contributed by atoms with Crippen LogP contribution in [0.2, 0.25) is 0 Å². The van der Waals surface area contributed by atoms with Crippen molar-refractivity contribution in [2.45, 2.75) is 31.8 Å². The number of nitrogens with zero attached hydrogens (tertiary/aromatic N) is 2. The van der Waals surface area contributed by atoms with Gasteiger partial charge in [0.1, 0.15) is 12.9 Å². The molecule has 34 heavy (non-hydrogen) atoms. The van der Waals surface area contributed by atoms with E-state index in [9.17, 15) is 9.59 Å². The van der Waals surface area contributed by atoms with Gasteiger partial charge in [-0.2, -0.15) is 4.37 Å². The van der Waals surface area contributed by atoms with Crippen molar-refractivity contribution in [2.75, 3.05) is 5.32 Å². The van der Waals surface area contributed by atoms with Crippen LogP contribution in [-0.4, -0.2) is 21.7 Å². The number of carbonyl (C=O) groups is 2. The Balaban J connectivity index is 1.29. The summed E-state index contributed by atoms with van der Waals surface area (Å²) in [4.78, 5) is 28.8. The van der Waals surface area contributed by atoms with E-state index in [1.54, 1.807) is 12.3 Å². The highest BCUT2D eigenvalue weighted by molar-refractivity contribution is 7.10. The van der Waals surface area contributed by atoms with Gasteiger partial charge in [-0.15, -0.1) is 0 Å². The zero-order valence-corrected chi connectivity index (χ0v) is 19.5. The lowest BCUT2D eigenvalue weighted by Crippen LogP contribution is -2.14. The molecule has 6 nitrogen and oxygen atoms in total. The molecule has 1 aliphatic carbocycles. The summed E-state index contributed by atoms with van der Waals surface area (Å²) >= 11 is 1.34. The van der Waals surface area contributed by atoms with Gasteiger partial charge in [0.25, 0.3) is 0 Å². The van der Waals surface area contributed by atoms with Crippen LogP contribution in [0.15, 0.2) is 72.9 Å². The van der Waals surface area contributed by atoms with Crippen molar-refractivity contribution in [2.24, 2.45) is 0 Å². The molecule has 1 aliphatic rings. The van der Waals surface area contributed by atoms with Crippen LogP contribution in [0.4, 0.5) is 10.5 Å². The highest BCUT2D eigenvalue weighted by Crippen LogP contribution is 2.46. The number of aldehydes is 1. The predicted molar refractivity (Wildman–Crippen MR) is 133 cm³/mol. The predicted octanol–water partition coefficient (Wildman–Crippen LogP) is 6.16. The number of amides is 1. The minimum absolute atomic E-state index is 0.0973. The lowest BCUT2D eigenvalue weighted by Gasteiger charge is -2.10. The third-order valence-corrected chi connectivity index (χ3v) is 7.11. The van der Waals surface area contributed by atoms with Crippen LogP contribution < -0.4 is 5.32 Å². The first-order chi connectivity index (χ1) is 16.6. The molecule has 1 fully saturated rings. The maximum absolute atomic E-state index is 12.4. The first-order valence-corrected chi connectivity index (χ1v) is 11.8. The van der Waals surface area contributed by atoms with Gasteiger partial charge in [-0.05, 0) is 65.7 Å². The van der Waals surface area contributed by atoms with Crippen LogP contribution in [0, 0.1) is 6.92 Å². The Morgan fingerprint density at radius 2 is 1.71 bits per heavy atom. The molecule has 0 unspecified atom stereocenters. The Bertz CT molecular complexity index is 1310. The lowest BCUT2D eigenvalue weighted by atomic mass is 9.95. The molecule has 2 heterocycles. The van der Waals surface area contributed by atoms with E-state index >= 15 is 0 Å². The fraction of sp³-hybridized carbons (Fsp3) is 0.185. The van der Waals surface area contributed by atoms with E-state index in [0.717, 1.165) is 52.0 Å². The second-order valence-electron chi connectivity index (χ2n) is 8.42. The number of hydrogen-bond acceptors (Lipinski definition) is 6. The maximum atomic E-state index is 12.4. The van der Waals surface area contributed by atoms with Crippen LogP contribution in [-0.2, 0) is 21.6 Å². The minimum atomic E-state index is -0.546. The highest BCUT2D eigenvalue weighted by atomic mass is 32.1. The molecule has 0 saturated heterocycles. The molecule has 1 saturated carbocycles. The molecular formula is C27H23N3O3S. The molecule has 0 spiro atoms. The van der Waals surface area contributed by atoms with Gasteiger partial charge < -0.3 is 9.53 Å². The summed E-state index contributed by atoms with van der Waals surface area (Å²) in [6, 6.07) is 21.8. The number of nitrogens with one attached hydrogen (secondary N) is 1. The summed E-state index contributed by atoms with van der Waals surface area (Å²) in [7, 11) is 0. The van der Waals surface area contributed by atoms with E-state index in [-0.39, 0.29) is 12.0 Å². The Labute approximate surface area is 201 Å². The van der Waals surface area contributed by atoms with E-state index in [0.29, 0.717) is 11.4 Å². The Hall–Kier alpha value is -3.84. The van der Waals surface area contributed by atoms with Gasteiger partial charge in [0.15, 0.2) is 0 Å². The average molecular weight is 470 g/mol. The normalized spacial score (nSPS) is 13.8. The van der Waals surface area contributed by atoms with Crippen LogP contribution in [0.3, 0.4) is 0 Å². The van der Waals surface area contributed by atoms with E-state index in [1.165, 1.54) is 11.5 Å². The van der Waals surface area contributed by atoms with Crippen molar-refractivity contribution in [1.29, 1.82) is 0 Å². The number of pyridine rings is 1. The lowest BCUT2D eigenvalue weighted by molar-refractivity contribution is -0.109. The molecule has 4 aromatic rings. The first kappa shape index (κ1) is 22.0. The topological polar surface area (TPSA) is 81.2 Å². The van der Waals surface area contributed by atoms with Crippen LogP contribution in [0.5, 0.6) is 0 Å². The molecule has 0 aliphatic heterocycles. The number of anilines is 1.